The molecule has 0 aliphatic heterocycles. The van der Waals surface area contributed by atoms with Gasteiger partial charge in [0.15, 0.2) is 3.92 Å². The molecule has 0 aliphatic carbocycles. The second kappa shape index (κ2) is 4.57. The van der Waals surface area contributed by atoms with Crippen molar-refractivity contribution in [3.63, 3.8) is 0 Å². The van der Waals surface area contributed by atoms with Gasteiger partial charge in [0.2, 0.25) is 0 Å². The van der Waals surface area contributed by atoms with Crippen LogP contribution in [0.5, 0.6) is 0 Å². The van der Waals surface area contributed by atoms with Crippen molar-refractivity contribution in [3.8, 4) is 11.3 Å². The Morgan fingerprint density at radius 3 is 2.50 bits per heavy atom. The topological polar surface area (TPSA) is 33.1 Å². The van der Waals surface area contributed by atoms with Crippen molar-refractivity contribution in [3.05, 3.63) is 38.6 Å². The molecule has 0 fully saturated rings. The third-order valence-electron chi connectivity index (χ3n) is 2.01. The largest absolute Gasteiger partial charge is 0.391 e. The van der Waals surface area contributed by atoms with Crippen LogP contribution in [0, 0.1) is 11.6 Å². The molecule has 0 amide bonds. The minimum Gasteiger partial charge on any atom is -0.391 e. The predicted molar refractivity (Wildman–Crippen MR) is 61.1 cm³/mol. The quantitative estimate of drug-likeness (QED) is 0.923. The summed E-state index contributed by atoms with van der Waals surface area (Å²) in [5.74, 6) is -1.37. The highest BCUT2D eigenvalue weighted by Crippen LogP contribution is 2.33. The second-order valence-corrected chi connectivity index (χ2v) is 5.35. The fraction of sp³-hybridized carbons (Fsp3) is 0.100. The van der Waals surface area contributed by atoms with Gasteiger partial charge in [0.1, 0.15) is 11.6 Å². The maximum atomic E-state index is 13.5. The van der Waals surface area contributed by atoms with Gasteiger partial charge in [-0.1, -0.05) is 6.07 Å². The average molecular weight is 306 g/mol. The van der Waals surface area contributed by atoms with Crippen molar-refractivity contribution in [2.45, 2.75) is 6.61 Å². The number of rotatable bonds is 2. The zero-order valence-corrected chi connectivity index (χ0v) is 10.3. The van der Waals surface area contributed by atoms with Crippen LogP contribution in [-0.2, 0) is 6.61 Å². The van der Waals surface area contributed by atoms with Gasteiger partial charge < -0.3 is 5.11 Å². The number of aliphatic hydroxyl groups excluding tert-OH is 1. The number of aliphatic hydroxyl groups is 1. The van der Waals surface area contributed by atoms with Gasteiger partial charge in [0.25, 0.3) is 0 Å². The summed E-state index contributed by atoms with van der Waals surface area (Å²) in [5, 5.41) is 9.08. The molecule has 0 aliphatic rings. The lowest BCUT2D eigenvalue weighted by molar-refractivity contribution is 0.286. The van der Waals surface area contributed by atoms with E-state index in [4.69, 9.17) is 5.11 Å². The third kappa shape index (κ3) is 2.00. The van der Waals surface area contributed by atoms with E-state index in [0.29, 0.717) is 8.79 Å². The Kier molecular flexibility index (Phi) is 3.32. The molecule has 16 heavy (non-hydrogen) atoms. The van der Waals surface area contributed by atoms with Crippen LogP contribution in [0.1, 0.15) is 4.88 Å². The summed E-state index contributed by atoms with van der Waals surface area (Å²) in [6.07, 6.45) is 0. The van der Waals surface area contributed by atoms with E-state index >= 15 is 0 Å². The van der Waals surface area contributed by atoms with E-state index in [1.807, 2.05) is 0 Å². The monoisotopic (exact) mass is 305 g/mol. The highest BCUT2D eigenvalue weighted by Gasteiger charge is 2.18. The van der Waals surface area contributed by atoms with Gasteiger partial charge in [-0.3, -0.25) is 0 Å². The SMILES string of the molecule is OCc1sc(Br)nc1-c1c(F)cccc1F. The standard InChI is InChI=1S/C10H6BrF2NOS/c11-10-14-9(7(4-15)16-10)8-5(12)2-1-3-6(8)13/h1-3,15H,4H2. The van der Waals surface area contributed by atoms with E-state index in [2.05, 4.69) is 20.9 Å². The molecule has 1 N–H and O–H groups in total. The van der Waals surface area contributed by atoms with Gasteiger partial charge >= 0.3 is 0 Å². The number of hydrogen-bond donors (Lipinski definition) is 1. The molecule has 2 aromatic rings. The average Bonchev–Trinajstić information content (AvgIpc) is 2.59. The fourth-order valence-corrected chi connectivity index (χ4v) is 2.76. The Bertz CT molecular complexity index is 509. The summed E-state index contributed by atoms with van der Waals surface area (Å²) < 4.78 is 27.5. The third-order valence-corrected chi connectivity index (χ3v) is 3.51. The van der Waals surface area contributed by atoms with Crippen LogP contribution in [0.2, 0.25) is 0 Å². The van der Waals surface area contributed by atoms with Gasteiger partial charge in [-0.2, -0.15) is 0 Å². The lowest BCUT2D eigenvalue weighted by Gasteiger charge is -2.03. The first-order valence-corrected chi connectivity index (χ1v) is 5.95. The number of benzene rings is 1. The minimum atomic E-state index is -0.687. The van der Waals surface area contributed by atoms with Crippen LogP contribution >= 0.6 is 27.3 Å². The molecule has 0 radical (unpaired) electrons. The summed E-state index contributed by atoms with van der Waals surface area (Å²) in [5.41, 5.74) is -0.0523. The highest BCUT2D eigenvalue weighted by atomic mass is 79.9. The van der Waals surface area contributed by atoms with Crippen molar-refractivity contribution in [1.29, 1.82) is 0 Å². The highest BCUT2D eigenvalue weighted by molar-refractivity contribution is 9.11. The molecule has 6 heteroatoms. The van der Waals surface area contributed by atoms with Crippen LogP contribution in [0.4, 0.5) is 8.78 Å². The van der Waals surface area contributed by atoms with Crippen LogP contribution in [-0.4, -0.2) is 10.1 Å². The molecule has 0 atom stereocenters. The lowest BCUT2D eigenvalue weighted by Crippen LogP contribution is -1.93. The van der Waals surface area contributed by atoms with Crippen LogP contribution < -0.4 is 0 Å². The van der Waals surface area contributed by atoms with Crippen LogP contribution in [0.15, 0.2) is 22.1 Å². The Hall–Kier alpha value is -0.850. The second-order valence-electron chi connectivity index (χ2n) is 2.99. The predicted octanol–water partition coefficient (Wildman–Crippen LogP) is 3.34. The van der Waals surface area contributed by atoms with E-state index in [-0.39, 0.29) is 17.9 Å². The Morgan fingerprint density at radius 2 is 1.94 bits per heavy atom. The van der Waals surface area contributed by atoms with Crippen LogP contribution in [0.25, 0.3) is 11.3 Å². The van der Waals surface area contributed by atoms with Gasteiger partial charge in [0.05, 0.1) is 22.7 Å². The van der Waals surface area contributed by atoms with Gasteiger partial charge in [-0.25, -0.2) is 13.8 Å². The number of hydrogen-bond acceptors (Lipinski definition) is 3. The molecular formula is C10H6BrF2NOS. The maximum absolute atomic E-state index is 13.5. The fourth-order valence-electron chi connectivity index (χ4n) is 1.35. The van der Waals surface area contributed by atoms with Crippen molar-refractivity contribution >= 4 is 27.3 Å². The summed E-state index contributed by atoms with van der Waals surface area (Å²) in [6, 6.07) is 3.60. The number of thiazole rings is 1. The van der Waals surface area contributed by atoms with Crippen molar-refractivity contribution in [1.82, 2.24) is 4.98 Å². The molecule has 84 valence electrons. The molecule has 2 nitrogen and oxygen atoms in total. The Balaban J connectivity index is 2.66. The van der Waals surface area contributed by atoms with E-state index in [0.717, 1.165) is 23.5 Å². The van der Waals surface area contributed by atoms with E-state index < -0.39 is 11.6 Å². The molecule has 0 bridgehead atoms. The number of aromatic nitrogens is 1. The summed E-state index contributed by atoms with van der Waals surface area (Å²) in [7, 11) is 0. The maximum Gasteiger partial charge on any atom is 0.160 e. The molecule has 0 saturated heterocycles. The van der Waals surface area contributed by atoms with E-state index in [9.17, 15) is 8.78 Å². The summed E-state index contributed by atoms with van der Waals surface area (Å²) in [4.78, 5) is 4.40. The van der Waals surface area contributed by atoms with E-state index in [1.165, 1.54) is 6.07 Å². The summed E-state index contributed by atoms with van der Waals surface area (Å²) >= 11 is 4.27. The first-order chi connectivity index (χ1) is 7.63. The molecule has 0 unspecified atom stereocenters. The van der Waals surface area contributed by atoms with Gasteiger partial charge in [-0.05, 0) is 28.1 Å². The molecule has 1 heterocycles. The van der Waals surface area contributed by atoms with Gasteiger partial charge in [0, 0.05) is 0 Å². The van der Waals surface area contributed by atoms with E-state index in [1.54, 1.807) is 0 Å². The van der Waals surface area contributed by atoms with Crippen LogP contribution in [0.3, 0.4) is 0 Å². The Morgan fingerprint density at radius 1 is 1.31 bits per heavy atom. The number of halogens is 3. The zero-order valence-electron chi connectivity index (χ0n) is 7.88. The molecule has 0 saturated carbocycles. The first kappa shape index (κ1) is 11.6. The zero-order chi connectivity index (χ0) is 11.7. The summed E-state index contributed by atoms with van der Waals surface area (Å²) in [6.45, 7) is -0.299. The van der Waals surface area contributed by atoms with Crippen molar-refractivity contribution < 1.29 is 13.9 Å². The molecule has 1 aromatic heterocycles. The normalized spacial score (nSPS) is 10.8. The van der Waals surface area contributed by atoms with Crippen molar-refractivity contribution in [2.24, 2.45) is 0 Å². The number of nitrogens with zero attached hydrogens (tertiary/aromatic N) is 1. The smallest absolute Gasteiger partial charge is 0.160 e. The van der Waals surface area contributed by atoms with Crippen molar-refractivity contribution in [2.75, 3.05) is 0 Å². The first-order valence-electron chi connectivity index (χ1n) is 4.34. The molecule has 1 aromatic carbocycles. The molecule has 0 spiro atoms. The molecule has 2 rings (SSSR count). The molecular weight excluding hydrogens is 300 g/mol. The lowest BCUT2D eigenvalue weighted by atomic mass is 10.1. The van der Waals surface area contributed by atoms with Gasteiger partial charge in [-0.15, -0.1) is 11.3 Å². The Labute approximate surface area is 103 Å². The minimum absolute atomic E-state index is 0.148.